The maximum Gasteiger partial charge on any atom is 0.247 e. The number of hydrogen-bond acceptors (Lipinski definition) is 3. The van der Waals surface area contributed by atoms with E-state index in [1.54, 1.807) is 0 Å². The lowest BCUT2D eigenvalue weighted by Crippen LogP contribution is -2.09. The average Bonchev–Trinajstić information content (AvgIpc) is 2.51. The normalized spacial score (nSPS) is 15.7. The number of rotatable bonds is 1. The molecule has 0 saturated heterocycles. The molecule has 0 bridgehead atoms. The van der Waals surface area contributed by atoms with Crippen molar-refractivity contribution in [2.45, 2.75) is 8.42 Å². The highest BCUT2D eigenvalue weighted by molar-refractivity contribution is 8.04. The molecule has 1 radical (unpaired) electrons. The number of sulfonamides is 1. The van der Waals surface area contributed by atoms with Crippen LogP contribution < -0.4 is 5.14 Å². The van der Waals surface area contributed by atoms with E-state index in [0.717, 1.165) is 21.5 Å². The molecular weight excluding hydrogens is 250 g/mol. The van der Waals surface area contributed by atoms with E-state index in [1.165, 1.54) is 17.4 Å². The molecule has 1 aromatic heterocycles. The highest BCUT2D eigenvalue weighted by Gasteiger charge is 2.20. The summed E-state index contributed by atoms with van der Waals surface area (Å²) < 4.78 is 23.1. The van der Waals surface area contributed by atoms with Crippen molar-refractivity contribution in [3.8, 4) is 0 Å². The number of fused-ring (bicyclic) bond motifs is 1. The molecule has 1 aliphatic rings. The molecule has 0 atom stereocenters. The predicted octanol–water partition coefficient (Wildman–Crippen LogP) is 1.77. The Bertz CT molecular complexity index is 488. The van der Waals surface area contributed by atoms with Crippen LogP contribution in [0.1, 0.15) is 5.56 Å². The molecule has 7 heteroatoms. The molecule has 0 fully saturated rings. The lowest BCUT2D eigenvalue weighted by molar-refractivity contribution is 0.600. The minimum atomic E-state index is -3.58. The Hall–Kier alpha value is -0.0100. The Morgan fingerprint density at radius 2 is 2.23 bits per heavy atom. The van der Waals surface area contributed by atoms with Gasteiger partial charge in [0.05, 0.1) is 9.24 Å². The van der Waals surface area contributed by atoms with Crippen molar-refractivity contribution < 1.29 is 8.42 Å². The molecule has 0 unspecified atom stereocenters. The zero-order valence-electron chi connectivity index (χ0n) is 6.19. The summed E-state index contributed by atoms with van der Waals surface area (Å²) in [7, 11) is -3.58. The van der Waals surface area contributed by atoms with Gasteiger partial charge < -0.3 is 0 Å². The van der Waals surface area contributed by atoms with Crippen LogP contribution in [0.5, 0.6) is 0 Å². The SMILES string of the molecule is NS(=O)(=O)c1cc2c(s1)[SH]C=C2Cl. The molecule has 1 aliphatic heterocycles. The maximum atomic E-state index is 11.0. The topological polar surface area (TPSA) is 60.2 Å². The fraction of sp³-hybridized carbons (Fsp3) is 0. The lowest BCUT2D eigenvalue weighted by Gasteiger charge is -1.89. The summed E-state index contributed by atoms with van der Waals surface area (Å²) >= 11 is 7.94. The van der Waals surface area contributed by atoms with Gasteiger partial charge in [-0.05, 0) is 11.5 Å². The monoisotopic (exact) mass is 254 g/mol. The number of thiol groups is 1. The standard InChI is InChI=1S/C6H5ClNO2S3/c7-4-2-11-6-3(4)1-5(12-6)13(8,9)10/h1-2,11H,(H2,8,9,10). The van der Waals surface area contributed by atoms with Gasteiger partial charge in [-0.3, -0.25) is 0 Å². The Labute approximate surface area is 88.6 Å². The predicted molar refractivity (Wildman–Crippen MR) is 56.8 cm³/mol. The van der Waals surface area contributed by atoms with Crippen LogP contribution in [0.4, 0.5) is 0 Å². The third-order valence-corrected chi connectivity index (χ3v) is 5.80. The molecular formula is C6H5ClNO2S3. The second-order valence-electron chi connectivity index (χ2n) is 2.44. The van der Waals surface area contributed by atoms with E-state index in [2.05, 4.69) is 0 Å². The van der Waals surface area contributed by atoms with Gasteiger partial charge in [0.15, 0.2) is 0 Å². The summed E-state index contributed by atoms with van der Waals surface area (Å²) in [6.45, 7) is 0. The molecule has 0 aliphatic carbocycles. The van der Waals surface area contributed by atoms with Crippen molar-refractivity contribution in [3.63, 3.8) is 0 Å². The lowest BCUT2D eigenvalue weighted by atomic mass is 10.3. The van der Waals surface area contributed by atoms with Crippen molar-refractivity contribution >= 4 is 49.8 Å². The van der Waals surface area contributed by atoms with E-state index in [4.69, 9.17) is 16.7 Å². The molecule has 71 valence electrons. The van der Waals surface area contributed by atoms with Gasteiger partial charge in [0.1, 0.15) is 4.21 Å². The minimum Gasteiger partial charge on any atom is -0.224 e. The fourth-order valence-electron chi connectivity index (χ4n) is 0.951. The fourth-order valence-corrected chi connectivity index (χ4v) is 4.55. The van der Waals surface area contributed by atoms with E-state index in [0.29, 0.717) is 5.03 Å². The van der Waals surface area contributed by atoms with Gasteiger partial charge in [-0.15, -0.1) is 11.3 Å². The van der Waals surface area contributed by atoms with Crippen molar-refractivity contribution in [2.75, 3.05) is 0 Å². The van der Waals surface area contributed by atoms with E-state index < -0.39 is 10.0 Å². The average molecular weight is 255 g/mol. The molecule has 1 aromatic rings. The Kier molecular flexibility index (Phi) is 2.20. The number of halogens is 1. The van der Waals surface area contributed by atoms with Gasteiger partial charge in [-0.2, -0.15) is 11.8 Å². The second kappa shape index (κ2) is 2.99. The third kappa shape index (κ3) is 1.64. The number of hydrogen-bond donors (Lipinski definition) is 2. The van der Waals surface area contributed by atoms with Crippen LogP contribution in [0, 0.1) is 0 Å². The van der Waals surface area contributed by atoms with Crippen LogP contribution in [-0.4, -0.2) is 8.42 Å². The van der Waals surface area contributed by atoms with Crippen molar-refractivity contribution in [3.05, 3.63) is 17.0 Å². The molecule has 2 N–H and O–H groups in total. The zero-order chi connectivity index (χ0) is 9.64. The van der Waals surface area contributed by atoms with Gasteiger partial charge in [-0.25, -0.2) is 13.6 Å². The first-order valence-electron chi connectivity index (χ1n) is 3.22. The van der Waals surface area contributed by atoms with E-state index in [1.807, 2.05) is 5.41 Å². The summed E-state index contributed by atoms with van der Waals surface area (Å²) in [6.07, 6.45) is 0. The summed E-state index contributed by atoms with van der Waals surface area (Å²) in [6, 6.07) is 1.52. The zero-order valence-corrected chi connectivity index (χ0v) is 9.47. The Balaban J connectivity index is 2.58. The molecule has 0 saturated carbocycles. The van der Waals surface area contributed by atoms with Crippen LogP contribution in [0.15, 0.2) is 19.9 Å². The van der Waals surface area contributed by atoms with Gasteiger partial charge in [-0.1, -0.05) is 11.6 Å². The first-order valence-corrected chi connectivity index (χ1v) is 6.92. The van der Waals surface area contributed by atoms with E-state index in [-0.39, 0.29) is 4.21 Å². The molecule has 0 spiro atoms. The molecule has 2 heterocycles. The highest BCUT2D eigenvalue weighted by atomic mass is 35.5. The van der Waals surface area contributed by atoms with Crippen LogP contribution in [0.2, 0.25) is 0 Å². The number of nitrogens with two attached hydrogens (primary N) is 1. The summed E-state index contributed by atoms with van der Waals surface area (Å²) in [5, 5.41) is 7.41. The van der Waals surface area contributed by atoms with E-state index >= 15 is 0 Å². The number of thiophene rings is 1. The van der Waals surface area contributed by atoms with Crippen LogP contribution in [0.3, 0.4) is 0 Å². The smallest absolute Gasteiger partial charge is 0.224 e. The third-order valence-electron chi connectivity index (χ3n) is 1.52. The van der Waals surface area contributed by atoms with Crippen LogP contribution in [0.25, 0.3) is 5.03 Å². The largest absolute Gasteiger partial charge is 0.247 e. The van der Waals surface area contributed by atoms with Crippen molar-refractivity contribution in [1.29, 1.82) is 0 Å². The first kappa shape index (κ1) is 9.54. The van der Waals surface area contributed by atoms with Crippen molar-refractivity contribution in [1.82, 2.24) is 0 Å². The number of primary sulfonamides is 1. The minimum absolute atomic E-state index is 0.177. The molecule has 3 nitrogen and oxygen atoms in total. The van der Waals surface area contributed by atoms with Gasteiger partial charge in [0, 0.05) is 5.56 Å². The van der Waals surface area contributed by atoms with Crippen LogP contribution >= 0.6 is 34.7 Å². The summed E-state index contributed by atoms with van der Waals surface area (Å²) in [5.41, 5.74) is 0.789. The van der Waals surface area contributed by atoms with Crippen molar-refractivity contribution in [2.24, 2.45) is 5.14 Å². The molecule has 0 amide bonds. The molecule has 2 rings (SSSR count). The molecule has 0 aromatic carbocycles. The highest BCUT2D eigenvalue weighted by Crippen LogP contribution is 2.46. The Morgan fingerprint density at radius 1 is 1.54 bits per heavy atom. The Morgan fingerprint density at radius 3 is 2.77 bits per heavy atom. The van der Waals surface area contributed by atoms with Gasteiger partial charge >= 0.3 is 0 Å². The second-order valence-corrected chi connectivity index (χ2v) is 6.95. The molecule has 13 heavy (non-hydrogen) atoms. The van der Waals surface area contributed by atoms with Crippen LogP contribution in [-0.2, 0) is 10.0 Å². The maximum absolute atomic E-state index is 11.0. The summed E-state index contributed by atoms with van der Waals surface area (Å²) in [4.78, 5) is 0. The quantitative estimate of drug-likeness (QED) is 0.751. The first-order chi connectivity index (χ1) is 5.98. The summed E-state index contributed by atoms with van der Waals surface area (Å²) in [5.74, 6) is 0. The van der Waals surface area contributed by atoms with Gasteiger partial charge in [0.25, 0.3) is 0 Å². The van der Waals surface area contributed by atoms with E-state index in [9.17, 15) is 8.42 Å². The van der Waals surface area contributed by atoms with Gasteiger partial charge in [0.2, 0.25) is 10.0 Å².